The first kappa shape index (κ1) is 13.0. The summed E-state index contributed by atoms with van der Waals surface area (Å²) in [5.41, 5.74) is -0.973. The molecule has 1 aliphatic rings. The van der Waals surface area contributed by atoms with Crippen LogP contribution in [0.5, 0.6) is 0 Å². The van der Waals surface area contributed by atoms with E-state index in [1.54, 1.807) is 0 Å². The lowest BCUT2D eigenvalue weighted by molar-refractivity contribution is -0.146. The second-order valence-electron chi connectivity index (χ2n) is 4.22. The van der Waals surface area contributed by atoms with E-state index < -0.39 is 11.5 Å². The summed E-state index contributed by atoms with van der Waals surface area (Å²) in [6.45, 7) is 4.34. The number of piperidine rings is 1. The summed E-state index contributed by atoms with van der Waals surface area (Å²) in [7, 11) is 0. The molecule has 0 saturated carbocycles. The Bertz CT molecular complexity index is 274. The molecule has 0 aliphatic carbocycles. The molecule has 92 valence electrons. The zero-order chi connectivity index (χ0) is 12.2. The second-order valence-corrected chi connectivity index (χ2v) is 4.22. The highest BCUT2D eigenvalue weighted by molar-refractivity contribution is 5.85. The summed E-state index contributed by atoms with van der Waals surface area (Å²) in [5.74, 6) is -0.963. The predicted molar refractivity (Wildman–Crippen MR) is 60.1 cm³/mol. The maximum atomic E-state index is 11.6. The van der Waals surface area contributed by atoms with Crippen molar-refractivity contribution in [1.82, 2.24) is 10.6 Å². The molecule has 0 aromatic rings. The Morgan fingerprint density at radius 1 is 1.56 bits per heavy atom. The summed E-state index contributed by atoms with van der Waals surface area (Å²) >= 11 is 0. The first-order chi connectivity index (χ1) is 7.55. The van der Waals surface area contributed by atoms with Gasteiger partial charge in [-0.05, 0) is 25.7 Å². The van der Waals surface area contributed by atoms with Gasteiger partial charge in [0.15, 0.2) is 0 Å². The first-order valence-corrected chi connectivity index (χ1v) is 5.84. The number of carboxylic acids is 1. The van der Waals surface area contributed by atoms with E-state index in [9.17, 15) is 14.7 Å². The maximum Gasteiger partial charge on any atom is 0.323 e. The summed E-state index contributed by atoms with van der Waals surface area (Å²) in [6, 6.07) is -0.371. The van der Waals surface area contributed by atoms with Crippen molar-refractivity contribution >= 4 is 11.9 Å². The van der Waals surface area contributed by atoms with Gasteiger partial charge in [-0.15, -0.1) is 0 Å². The van der Waals surface area contributed by atoms with Crippen LogP contribution in [-0.2, 0) is 9.59 Å². The van der Waals surface area contributed by atoms with E-state index in [0.29, 0.717) is 25.8 Å². The zero-order valence-corrected chi connectivity index (χ0v) is 9.88. The summed E-state index contributed by atoms with van der Waals surface area (Å²) in [5, 5.41) is 15.0. The molecule has 0 radical (unpaired) electrons. The minimum atomic E-state index is -0.973. The van der Waals surface area contributed by atoms with Crippen LogP contribution in [0.15, 0.2) is 0 Å². The number of nitrogens with one attached hydrogen (secondary N) is 2. The molecule has 1 heterocycles. The summed E-state index contributed by atoms with van der Waals surface area (Å²) in [6.07, 6.45) is 2.55. The van der Waals surface area contributed by atoms with Crippen molar-refractivity contribution in [1.29, 1.82) is 0 Å². The van der Waals surface area contributed by atoms with E-state index in [0.717, 1.165) is 6.42 Å². The molecule has 5 nitrogen and oxygen atoms in total. The van der Waals surface area contributed by atoms with Crippen LogP contribution in [0.25, 0.3) is 0 Å². The van der Waals surface area contributed by atoms with Gasteiger partial charge in [0, 0.05) is 6.54 Å². The lowest BCUT2D eigenvalue weighted by Crippen LogP contribution is -2.60. The topological polar surface area (TPSA) is 78.4 Å². The van der Waals surface area contributed by atoms with Gasteiger partial charge in [0.25, 0.3) is 0 Å². The molecular formula is C11H20N2O3. The van der Waals surface area contributed by atoms with Crippen LogP contribution in [0, 0.1) is 0 Å². The molecule has 0 aromatic heterocycles. The van der Waals surface area contributed by atoms with Gasteiger partial charge in [-0.1, -0.05) is 13.8 Å². The number of amides is 1. The molecule has 16 heavy (non-hydrogen) atoms. The number of carbonyl (C=O) groups is 2. The highest BCUT2D eigenvalue weighted by Crippen LogP contribution is 2.18. The molecular weight excluding hydrogens is 208 g/mol. The average molecular weight is 228 g/mol. The first-order valence-electron chi connectivity index (χ1n) is 5.84. The van der Waals surface area contributed by atoms with Gasteiger partial charge in [-0.25, -0.2) is 0 Å². The molecule has 1 rings (SSSR count). The minimum absolute atomic E-state index is 0.0845. The van der Waals surface area contributed by atoms with Gasteiger partial charge >= 0.3 is 5.97 Å². The van der Waals surface area contributed by atoms with Crippen LogP contribution < -0.4 is 10.6 Å². The number of rotatable bonds is 5. The fourth-order valence-electron chi connectivity index (χ4n) is 2.06. The molecule has 1 saturated heterocycles. The van der Waals surface area contributed by atoms with Crippen molar-refractivity contribution in [2.45, 2.75) is 51.1 Å². The van der Waals surface area contributed by atoms with Gasteiger partial charge in [-0.2, -0.15) is 0 Å². The third-order valence-electron chi connectivity index (χ3n) is 3.35. The number of carbonyl (C=O) groups excluding carboxylic acids is 1. The Hall–Kier alpha value is -1.10. The fourth-order valence-corrected chi connectivity index (χ4v) is 2.06. The molecule has 1 amide bonds. The standard InChI is InChI=1S/C11H20N2O3/c1-3-11(4-2,10(15)16)13-8-6-5-7-12-9(8)14/h8,13H,3-7H2,1-2H3,(H,12,14)(H,15,16). The molecule has 1 unspecified atom stereocenters. The molecule has 1 atom stereocenters. The lowest BCUT2D eigenvalue weighted by atomic mass is 9.90. The van der Waals surface area contributed by atoms with Crippen molar-refractivity contribution in [3.8, 4) is 0 Å². The van der Waals surface area contributed by atoms with Crippen molar-refractivity contribution in [2.75, 3.05) is 6.54 Å². The smallest absolute Gasteiger partial charge is 0.323 e. The molecule has 1 aliphatic heterocycles. The normalized spacial score (nSPS) is 21.6. The van der Waals surface area contributed by atoms with Gasteiger partial charge < -0.3 is 10.4 Å². The number of hydrogen-bond donors (Lipinski definition) is 3. The van der Waals surface area contributed by atoms with Crippen LogP contribution in [-0.4, -0.2) is 35.1 Å². The SMILES string of the molecule is CCC(CC)(NC1CCCNC1=O)C(=O)O. The maximum absolute atomic E-state index is 11.6. The van der Waals surface area contributed by atoms with Gasteiger partial charge in [-0.3, -0.25) is 14.9 Å². The third-order valence-corrected chi connectivity index (χ3v) is 3.35. The van der Waals surface area contributed by atoms with Gasteiger partial charge in [0.05, 0.1) is 6.04 Å². The highest BCUT2D eigenvalue weighted by Gasteiger charge is 2.38. The van der Waals surface area contributed by atoms with Crippen molar-refractivity contribution in [3.05, 3.63) is 0 Å². The van der Waals surface area contributed by atoms with E-state index in [1.165, 1.54) is 0 Å². The van der Waals surface area contributed by atoms with Crippen LogP contribution in [0.4, 0.5) is 0 Å². The van der Waals surface area contributed by atoms with Gasteiger partial charge in [0.1, 0.15) is 5.54 Å². The highest BCUT2D eigenvalue weighted by atomic mass is 16.4. The lowest BCUT2D eigenvalue weighted by Gasteiger charge is -2.34. The Morgan fingerprint density at radius 3 is 2.62 bits per heavy atom. The molecule has 1 fully saturated rings. The zero-order valence-electron chi connectivity index (χ0n) is 9.88. The molecule has 0 spiro atoms. The minimum Gasteiger partial charge on any atom is -0.480 e. The number of carboxylic acid groups (broad SMARTS) is 1. The monoisotopic (exact) mass is 228 g/mol. The molecule has 3 N–H and O–H groups in total. The van der Waals surface area contributed by atoms with Gasteiger partial charge in [0.2, 0.25) is 5.91 Å². The average Bonchev–Trinajstić information content (AvgIpc) is 2.28. The van der Waals surface area contributed by atoms with Crippen LogP contribution in [0.3, 0.4) is 0 Å². The second kappa shape index (κ2) is 5.30. The fraction of sp³-hybridized carbons (Fsp3) is 0.818. The van der Waals surface area contributed by atoms with Crippen molar-refractivity contribution < 1.29 is 14.7 Å². The Morgan fingerprint density at radius 2 is 2.19 bits per heavy atom. The van der Waals surface area contributed by atoms with E-state index in [1.807, 2.05) is 13.8 Å². The Labute approximate surface area is 95.6 Å². The summed E-state index contributed by atoms with van der Waals surface area (Å²) < 4.78 is 0. The third kappa shape index (κ3) is 2.52. The van der Waals surface area contributed by atoms with Crippen molar-refractivity contribution in [2.24, 2.45) is 0 Å². The van der Waals surface area contributed by atoms with Crippen LogP contribution >= 0.6 is 0 Å². The Balaban J connectivity index is 2.74. The summed E-state index contributed by atoms with van der Waals surface area (Å²) in [4.78, 5) is 22.8. The number of aliphatic carboxylic acids is 1. The largest absolute Gasteiger partial charge is 0.480 e. The Kier molecular flexibility index (Phi) is 4.29. The molecule has 5 heteroatoms. The van der Waals surface area contributed by atoms with E-state index >= 15 is 0 Å². The van der Waals surface area contributed by atoms with E-state index in [2.05, 4.69) is 10.6 Å². The quantitative estimate of drug-likeness (QED) is 0.640. The van der Waals surface area contributed by atoms with E-state index in [4.69, 9.17) is 0 Å². The van der Waals surface area contributed by atoms with Crippen molar-refractivity contribution in [3.63, 3.8) is 0 Å². The molecule has 0 aromatic carbocycles. The van der Waals surface area contributed by atoms with Crippen LogP contribution in [0.1, 0.15) is 39.5 Å². The number of hydrogen-bond acceptors (Lipinski definition) is 3. The predicted octanol–water partition coefficient (Wildman–Crippen LogP) is 0.498. The van der Waals surface area contributed by atoms with E-state index in [-0.39, 0.29) is 11.9 Å². The molecule has 0 bridgehead atoms. The van der Waals surface area contributed by atoms with Crippen LogP contribution in [0.2, 0.25) is 0 Å².